The van der Waals surface area contributed by atoms with E-state index in [0.717, 1.165) is 24.3 Å². The van der Waals surface area contributed by atoms with Crippen LogP contribution in [0, 0.1) is 6.92 Å². The molecule has 2 atom stereocenters. The molecule has 0 aromatic heterocycles. The first-order chi connectivity index (χ1) is 11.1. The number of aryl methyl sites for hydroxylation is 1. The van der Waals surface area contributed by atoms with Crippen LogP contribution in [0.5, 0.6) is 5.75 Å². The lowest BCUT2D eigenvalue weighted by Crippen LogP contribution is -2.40. The predicted octanol–water partition coefficient (Wildman–Crippen LogP) is 2.24. The SMILES string of the molecule is COCCNC1CC(C(=O)OC)=CC(Oc2ccccc2C)C1. The number of hydrogen-bond donors (Lipinski definition) is 1. The molecule has 126 valence electrons. The van der Waals surface area contributed by atoms with Crippen LogP contribution in [0.25, 0.3) is 0 Å². The second-order valence-corrected chi connectivity index (χ2v) is 5.69. The van der Waals surface area contributed by atoms with Gasteiger partial charge in [-0.05, 0) is 31.1 Å². The lowest BCUT2D eigenvalue weighted by Gasteiger charge is -2.29. The number of para-hydroxylation sites is 1. The normalized spacial score (nSPS) is 20.7. The van der Waals surface area contributed by atoms with Gasteiger partial charge < -0.3 is 19.5 Å². The molecule has 1 aromatic rings. The van der Waals surface area contributed by atoms with Gasteiger partial charge in [0.1, 0.15) is 11.9 Å². The van der Waals surface area contributed by atoms with Crippen LogP contribution in [0.15, 0.2) is 35.9 Å². The van der Waals surface area contributed by atoms with Crippen LogP contribution in [0.2, 0.25) is 0 Å². The van der Waals surface area contributed by atoms with E-state index in [4.69, 9.17) is 14.2 Å². The zero-order valence-corrected chi connectivity index (χ0v) is 14.0. The predicted molar refractivity (Wildman–Crippen MR) is 88.6 cm³/mol. The number of rotatable bonds is 7. The van der Waals surface area contributed by atoms with Crippen LogP contribution in [0.1, 0.15) is 18.4 Å². The van der Waals surface area contributed by atoms with Gasteiger partial charge in [0.25, 0.3) is 0 Å². The molecule has 0 saturated carbocycles. The van der Waals surface area contributed by atoms with E-state index >= 15 is 0 Å². The number of esters is 1. The Bertz CT molecular complexity index is 556. The van der Waals surface area contributed by atoms with Gasteiger partial charge in [-0.2, -0.15) is 0 Å². The molecule has 0 fully saturated rings. The molecule has 0 saturated heterocycles. The first kappa shape index (κ1) is 17.5. The highest BCUT2D eigenvalue weighted by atomic mass is 16.5. The Morgan fingerprint density at radius 3 is 2.78 bits per heavy atom. The molecule has 5 heteroatoms. The van der Waals surface area contributed by atoms with Gasteiger partial charge in [0.2, 0.25) is 0 Å². The summed E-state index contributed by atoms with van der Waals surface area (Å²) in [5, 5.41) is 3.41. The average Bonchev–Trinajstić information content (AvgIpc) is 2.56. The highest BCUT2D eigenvalue weighted by Gasteiger charge is 2.27. The first-order valence-corrected chi connectivity index (χ1v) is 7.87. The molecule has 2 rings (SSSR count). The van der Waals surface area contributed by atoms with E-state index in [9.17, 15) is 4.79 Å². The lowest BCUT2D eigenvalue weighted by atomic mass is 9.92. The van der Waals surface area contributed by atoms with Gasteiger partial charge in [0.05, 0.1) is 13.7 Å². The maximum atomic E-state index is 11.9. The summed E-state index contributed by atoms with van der Waals surface area (Å²) in [6.07, 6.45) is 3.17. The molecular weight excluding hydrogens is 294 g/mol. The number of carbonyl (C=O) groups excluding carboxylic acids is 1. The molecule has 1 aromatic carbocycles. The summed E-state index contributed by atoms with van der Waals surface area (Å²) < 4.78 is 16.0. The van der Waals surface area contributed by atoms with Gasteiger partial charge in [-0.15, -0.1) is 0 Å². The van der Waals surface area contributed by atoms with Crippen molar-refractivity contribution in [3.05, 3.63) is 41.5 Å². The Labute approximate surface area is 137 Å². The third kappa shape index (κ3) is 5.08. The van der Waals surface area contributed by atoms with E-state index < -0.39 is 0 Å². The van der Waals surface area contributed by atoms with Crippen molar-refractivity contribution in [2.75, 3.05) is 27.4 Å². The molecule has 0 heterocycles. The maximum absolute atomic E-state index is 11.9. The summed E-state index contributed by atoms with van der Waals surface area (Å²) in [6, 6.07) is 8.05. The van der Waals surface area contributed by atoms with E-state index in [1.54, 1.807) is 7.11 Å². The van der Waals surface area contributed by atoms with Crippen LogP contribution in [0.3, 0.4) is 0 Å². The number of methoxy groups -OCH3 is 2. The van der Waals surface area contributed by atoms with E-state index in [-0.39, 0.29) is 18.1 Å². The minimum atomic E-state index is -0.290. The highest BCUT2D eigenvalue weighted by Crippen LogP contribution is 2.25. The third-order valence-corrected chi connectivity index (χ3v) is 3.93. The summed E-state index contributed by atoms with van der Waals surface area (Å²) in [5.41, 5.74) is 1.74. The summed E-state index contributed by atoms with van der Waals surface area (Å²) in [4.78, 5) is 11.9. The Hall–Kier alpha value is -1.85. The molecule has 1 aliphatic rings. The largest absolute Gasteiger partial charge is 0.486 e. The molecule has 2 unspecified atom stereocenters. The van der Waals surface area contributed by atoms with Gasteiger partial charge in [0, 0.05) is 31.7 Å². The molecule has 1 N–H and O–H groups in total. The average molecular weight is 319 g/mol. The molecule has 0 spiro atoms. The number of carbonyl (C=O) groups is 1. The second kappa shape index (κ2) is 8.70. The van der Waals surface area contributed by atoms with E-state index in [1.807, 2.05) is 37.3 Å². The Morgan fingerprint density at radius 1 is 1.30 bits per heavy atom. The number of hydrogen-bond acceptors (Lipinski definition) is 5. The van der Waals surface area contributed by atoms with Gasteiger partial charge in [-0.1, -0.05) is 18.2 Å². The van der Waals surface area contributed by atoms with Crippen molar-refractivity contribution in [2.45, 2.75) is 31.9 Å². The van der Waals surface area contributed by atoms with Crippen molar-refractivity contribution in [3.63, 3.8) is 0 Å². The topological polar surface area (TPSA) is 56.8 Å². The van der Waals surface area contributed by atoms with Crippen LogP contribution in [-0.4, -0.2) is 45.5 Å². The van der Waals surface area contributed by atoms with Crippen molar-refractivity contribution >= 4 is 5.97 Å². The van der Waals surface area contributed by atoms with Crippen LogP contribution in [-0.2, 0) is 14.3 Å². The van der Waals surface area contributed by atoms with Crippen molar-refractivity contribution in [3.8, 4) is 5.75 Å². The molecule has 0 aliphatic heterocycles. The second-order valence-electron chi connectivity index (χ2n) is 5.69. The highest BCUT2D eigenvalue weighted by molar-refractivity contribution is 5.88. The van der Waals surface area contributed by atoms with Crippen molar-refractivity contribution in [1.29, 1.82) is 0 Å². The van der Waals surface area contributed by atoms with E-state index in [1.165, 1.54) is 7.11 Å². The van der Waals surface area contributed by atoms with Crippen LogP contribution < -0.4 is 10.1 Å². The van der Waals surface area contributed by atoms with Crippen molar-refractivity contribution in [1.82, 2.24) is 5.32 Å². The maximum Gasteiger partial charge on any atom is 0.333 e. The van der Waals surface area contributed by atoms with Gasteiger partial charge in [-0.25, -0.2) is 4.79 Å². The fraction of sp³-hybridized carbons (Fsp3) is 0.500. The molecule has 0 amide bonds. The van der Waals surface area contributed by atoms with Crippen molar-refractivity contribution in [2.24, 2.45) is 0 Å². The molecule has 23 heavy (non-hydrogen) atoms. The minimum absolute atomic E-state index is 0.154. The summed E-state index contributed by atoms with van der Waals surface area (Å²) >= 11 is 0. The minimum Gasteiger partial charge on any atom is -0.486 e. The van der Waals surface area contributed by atoms with E-state index in [2.05, 4.69) is 5.32 Å². The molecular formula is C18H25NO4. The summed E-state index contributed by atoms with van der Waals surface area (Å²) in [5.74, 6) is 0.553. The fourth-order valence-electron chi connectivity index (χ4n) is 2.73. The molecule has 5 nitrogen and oxygen atoms in total. The standard InChI is InChI=1S/C18H25NO4/c1-13-6-4-5-7-17(13)23-16-11-14(18(20)22-3)10-15(12-16)19-8-9-21-2/h4-7,11,15-16,19H,8-10,12H2,1-3H3. The Kier molecular flexibility index (Phi) is 6.62. The zero-order chi connectivity index (χ0) is 16.7. The number of benzene rings is 1. The lowest BCUT2D eigenvalue weighted by molar-refractivity contribution is -0.136. The molecule has 0 bridgehead atoms. The van der Waals surface area contributed by atoms with Gasteiger partial charge >= 0.3 is 5.97 Å². The van der Waals surface area contributed by atoms with Gasteiger partial charge in [0.15, 0.2) is 0 Å². The fourth-order valence-corrected chi connectivity index (χ4v) is 2.73. The third-order valence-electron chi connectivity index (χ3n) is 3.93. The van der Waals surface area contributed by atoms with E-state index in [0.29, 0.717) is 18.6 Å². The summed E-state index contributed by atoms with van der Waals surface area (Å²) in [7, 11) is 3.08. The molecule has 1 aliphatic carbocycles. The monoisotopic (exact) mass is 319 g/mol. The smallest absolute Gasteiger partial charge is 0.333 e. The number of ether oxygens (including phenoxy) is 3. The zero-order valence-electron chi connectivity index (χ0n) is 14.0. The quantitative estimate of drug-likeness (QED) is 0.617. The summed E-state index contributed by atoms with van der Waals surface area (Å²) in [6.45, 7) is 3.39. The van der Waals surface area contributed by atoms with Gasteiger partial charge in [-0.3, -0.25) is 0 Å². The molecule has 0 radical (unpaired) electrons. The van der Waals surface area contributed by atoms with Crippen LogP contribution >= 0.6 is 0 Å². The van der Waals surface area contributed by atoms with Crippen molar-refractivity contribution < 1.29 is 19.0 Å². The number of nitrogens with one attached hydrogen (secondary N) is 1. The van der Waals surface area contributed by atoms with Crippen LogP contribution in [0.4, 0.5) is 0 Å². The Balaban J connectivity index is 2.09. The Morgan fingerprint density at radius 2 is 2.09 bits per heavy atom. The first-order valence-electron chi connectivity index (χ1n) is 7.87.